The Kier molecular flexibility index (Phi) is 5.98. The number of aliphatic carboxylic acids is 1. The van der Waals surface area contributed by atoms with Gasteiger partial charge in [-0.2, -0.15) is 0 Å². The first-order valence-electron chi connectivity index (χ1n) is 7.94. The van der Waals surface area contributed by atoms with Crippen LogP contribution < -0.4 is 4.90 Å². The molecule has 23 heavy (non-hydrogen) atoms. The van der Waals surface area contributed by atoms with Crippen LogP contribution in [0.25, 0.3) is 0 Å². The van der Waals surface area contributed by atoms with Crippen LogP contribution in [0.5, 0.6) is 0 Å². The Morgan fingerprint density at radius 1 is 1.13 bits per heavy atom. The molecule has 1 saturated heterocycles. The fraction of sp³-hybridized carbons (Fsp3) is 0.529. The van der Waals surface area contributed by atoms with Gasteiger partial charge in [-0.1, -0.05) is 12.1 Å². The normalized spacial score (nSPS) is 15.1. The number of hydrogen-bond acceptors (Lipinski definition) is 4. The highest BCUT2D eigenvalue weighted by Gasteiger charge is 2.21. The summed E-state index contributed by atoms with van der Waals surface area (Å²) in [6.07, 6.45) is -0.000713. The maximum atomic E-state index is 12.0. The second-order valence-corrected chi connectivity index (χ2v) is 6.17. The van der Waals surface area contributed by atoms with E-state index < -0.39 is 5.97 Å². The Hall–Kier alpha value is -2.08. The number of anilines is 1. The highest BCUT2D eigenvalue weighted by molar-refractivity contribution is 5.81. The third-order valence-corrected chi connectivity index (χ3v) is 3.96. The molecule has 0 spiro atoms. The number of carboxylic acids is 1. The van der Waals surface area contributed by atoms with Crippen molar-refractivity contribution in [3.05, 3.63) is 29.8 Å². The first kappa shape index (κ1) is 17.3. The molecule has 0 aliphatic carbocycles. The van der Waals surface area contributed by atoms with Crippen LogP contribution in [-0.4, -0.2) is 67.1 Å². The summed E-state index contributed by atoms with van der Waals surface area (Å²) in [7, 11) is 4.10. The molecule has 1 N–H and O–H groups in total. The average Bonchev–Trinajstić information content (AvgIpc) is 2.52. The van der Waals surface area contributed by atoms with Crippen molar-refractivity contribution >= 4 is 17.6 Å². The number of carbonyl (C=O) groups excluding carboxylic acids is 1. The van der Waals surface area contributed by atoms with E-state index in [9.17, 15) is 9.59 Å². The van der Waals surface area contributed by atoms with Gasteiger partial charge in [-0.05, 0) is 31.8 Å². The standard InChI is InChI=1S/C17H25N3O3/c1-18(2)13-14-4-3-5-15(12-14)19-8-10-20(11-9-19)16(21)6-7-17(22)23/h3-5,12H,6-11,13H2,1-2H3,(H,22,23). The van der Waals surface area contributed by atoms with E-state index >= 15 is 0 Å². The lowest BCUT2D eigenvalue weighted by Gasteiger charge is -2.36. The number of hydrogen-bond donors (Lipinski definition) is 1. The molecule has 126 valence electrons. The van der Waals surface area contributed by atoms with Gasteiger partial charge in [0.15, 0.2) is 0 Å². The Morgan fingerprint density at radius 3 is 2.43 bits per heavy atom. The van der Waals surface area contributed by atoms with Crippen molar-refractivity contribution in [1.29, 1.82) is 0 Å². The molecule has 0 atom stereocenters. The third-order valence-electron chi connectivity index (χ3n) is 3.96. The van der Waals surface area contributed by atoms with E-state index in [4.69, 9.17) is 5.11 Å². The van der Waals surface area contributed by atoms with E-state index in [2.05, 4.69) is 34.1 Å². The topological polar surface area (TPSA) is 64.1 Å². The molecule has 0 bridgehead atoms. The molecule has 0 aromatic heterocycles. The number of amides is 1. The van der Waals surface area contributed by atoms with E-state index in [0.717, 1.165) is 19.6 Å². The second-order valence-electron chi connectivity index (χ2n) is 6.17. The number of carbonyl (C=O) groups is 2. The van der Waals surface area contributed by atoms with Gasteiger partial charge in [-0.15, -0.1) is 0 Å². The minimum Gasteiger partial charge on any atom is -0.481 e. The summed E-state index contributed by atoms with van der Waals surface area (Å²) in [5, 5.41) is 8.66. The maximum absolute atomic E-state index is 12.0. The van der Waals surface area contributed by atoms with E-state index in [1.165, 1.54) is 11.3 Å². The lowest BCUT2D eigenvalue weighted by molar-refractivity contribution is -0.141. The monoisotopic (exact) mass is 319 g/mol. The summed E-state index contributed by atoms with van der Waals surface area (Å²) in [6.45, 7) is 3.77. The van der Waals surface area contributed by atoms with E-state index in [0.29, 0.717) is 13.1 Å². The highest BCUT2D eigenvalue weighted by atomic mass is 16.4. The molecule has 0 radical (unpaired) electrons. The Labute approximate surface area is 137 Å². The van der Waals surface area contributed by atoms with Crippen molar-refractivity contribution in [3.63, 3.8) is 0 Å². The van der Waals surface area contributed by atoms with Crippen LogP contribution >= 0.6 is 0 Å². The number of piperazine rings is 1. The molecule has 1 aromatic rings. The van der Waals surface area contributed by atoms with Gasteiger partial charge in [-0.3, -0.25) is 9.59 Å². The number of carboxylic acid groups (broad SMARTS) is 1. The Morgan fingerprint density at radius 2 is 1.83 bits per heavy atom. The van der Waals surface area contributed by atoms with Crippen LogP contribution in [0.3, 0.4) is 0 Å². The van der Waals surface area contributed by atoms with Gasteiger partial charge in [0, 0.05) is 44.8 Å². The zero-order valence-corrected chi connectivity index (χ0v) is 13.9. The van der Waals surface area contributed by atoms with Crippen LogP contribution in [-0.2, 0) is 16.1 Å². The zero-order valence-electron chi connectivity index (χ0n) is 13.9. The Balaban J connectivity index is 1.89. The predicted molar refractivity (Wildman–Crippen MR) is 89.5 cm³/mol. The summed E-state index contributed by atoms with van der Waals surface area (Å²) in [5.41, 5.74) is 2.45. The minimum atomic E-state index is -0.922. The quantitative estimate of drug-likeness (QED) is 0.855. The number of nitrogens with zero attached hydrogens (tertiary/aromatic N) is 3. The first-order valence-corrected chi connectivity index (χ1v) is 7.94. The van der Waals surface area contributed by atoms with E-state index in [1.807, 2.05) is 14.1 Å². The van der Waals surface area contributed by atoms with Crippen LogP contribution in [0.2, 0.25) is 0 Å². The molecule has 6 heteroatoms. The molecule has 6 nitrogen and oxygen atoms in total. The molecule has 1 aromatic carbocycles. The summed E-state index contributed by atoms with van der Waals surface area (Å²) < 4.78 is 0. The molecule has 0 saturated carbocycles. The fourth-order valence-electron chi connectivity index (χ4n) is 2.80. The van der Waals surface area contributed by atoms with Crippen molar-refractivity contribution in [2.75, 3.05) is 45.2 Å². The summed E-state index contributed by atoms with van der Waals surface area (Å²) in [6, 6.07) is 8.48. The Bertz CT molecular complexity index is 552. The molecule has 1 aliphatic rings. The van der Waals surface area contributed by atoms with Gasteiger partial charge in [0.1, 0.15) is 0 Å². The van der Waals surface area contributed by atoms with Gasteiger partial charge >= 0.3 is 5.97 Å². The zero-order chi connectivity index (χ0) is 16.8. The van der Waals surface area contributed by atoms with Gasteiger partial charge in [0.25, 0.3) is 0 Å². The second kappa shape index (κ2) is 7.97. The summed E-state index contributed by atoms with van der Waals surface area (Å²) >= 11 is 0. The molecule has 0 unspecified atom stereocenters. The maximum Gasteiger partial charge on any atom is 0.303 e. The molecule has 1 heterocycles. The summed E-state index contributed by atoms with van der Waals surface area (Å²) in [4.78, 5) is 28.7. The van der Waals surface area contributed by atoms with Crippen molar-refractivity contribution in [2.24, 2.45) is 0 Å². The fourth-order valence-corrected chi connectivity index (χ4v) is 2.80. The molecule has 1 amide bonds. The van der Waals surface area contributed by atoms with Crippen molar-refractivity contribution in [1.82, 2.24) is 9.80 Å². The van der Waals surface area contributed by atoms with Crippen LogP contribution in [0.1, 0.15) is 18.4 Å². The van der Waals surface area contributed by atoms with Crippen LogP contribution in [0.4, 0.5) is 5.69 Å². The molecule has 1 fully saturated rings. The van der Waals surface area contributed by atoms with Gasteiger partial charge in [0.05, 0.1) is 6.42 Å². The smallest absolute Gasteiger partial charge is 0.303 e. The number of benzene rings is 1. The van der Waals surface area contributed by atoms with Gasteiger partial charge in [-0.25, -0.2) is 0 Å². The number of rotatable bonds is 6. The van der Waals surface area contributed by atoms with Crippen LogP contribution in [0.15, 0.2) is 24.3 Å². The van der Waals surface area contributed by atoms with Gasteiger partial charge < -0.3 is 19.8 Å². The van der Waals surface area contributed by atoms with Crippen molar-refractivity contribution < 1.29 is 14.7 Å². The molecule has 2 rings (SSSR count). The minimum absolute atomic E-state index is 0.0617. The lowest BCUT2D eigenvalue weighted by atomic mass is 10.1. The largest absolute Gasteiger partial charge is 0.481 e. The SMILES string of the molecule is CN(C)Cc1cccc(N2CCN(C(=O)CCC(=O)O)CC2)c1. The molecule has 1 aliphatic heterocycles. The molecular formula is C17H25N3O3. The van der Waals surface area contributed by atoms with Gasteiger partial charge in [0.2, 0.25) is 5.91 Å². The average molecular weight is 319 g/mol. The van der Waals surface area contributed by atoms with E-state index in [1.54, 1.807) is 4.90 Å². The van der Waals surface area contributed by atoms with Crippen LogP contribution in [0, 0.1) is 0 Å². The first-order chi connectivity index (χ1) is 11.0. The van der Waals surface area contributed by atoms with E-state index in [-0.39, 0.29) is 18.7 Å². The van der Waals surface area contributed by atoms with Crippen molar-refractivity contribution in [3.8, 4) is 0 Å². The predicted octanol–water partition coefficient (Wildman–Crippen LogP) is 1.26. The lowest BCUT2D eigenvalue weighted by Crippen LogP contribution is -2.48. The highest BCUT2D eigenvalue weighted by Crippen LogP contribution is 2.19. The molecular weight excluding hydrogens is 294 g/mol. The summed E-state index contributed by atoms with van der Waals surface area (Å²) in [5.74, 6) is -0.983. The third kappa shape index (κ3) is 5.25. The van der Waals surface area contributed by atoms with Crippen molar-refractivity contribution in [2.45, 2.75) is 19.4 Å².